The molecule has 0 bridgehead atoms. The van der Waals surface area contributed by atoms with Crippen LogP contribution in [0.3, 0.4) is 0 Å². The molecule has 120 valence electrons. The highest BCUT2D eigenvalue weighted by molar-refractivity contribution is 5.15. The standard InChI is InChI=1S/C16H27F2N3/c1-14(2,3)12-10-8-7-9-11-13(16(12,17)18)19-20-21(11)15(4,5)6/h12H,7-10H2,1-6H3/p+1. The molecular weight excluding hydrogens is 272 g/mol. The molecule has 1 N–H and O–H groups in total. The molecule has 21 heavy (non-hydrogen) atoms. The van der Waals surface area contributed by atoms with Crippen molar-refractivity contribution in [1.29, 1.82) is 0 Å². The summed E-state index contributed by atoms with van der Waals surface area (Å²) < 4.78 is 32.0. The lowest BCUT2D eigenvalue weighted by Crippen LogP contribution is -2.55. The summed E-state index contributed by atoms with van der Waals surface area (Å²) in [5, 5.41) is 6.86. The van der Waals surface area contributed by atoms with Gasteiger partial charge in [0, 0.05) is 17.4 Å². The molecule has 1 aliphatic rings. The molecule has 0 amide bonds. The zero-order chi connectivity index (χ0) is 16.1. The highest BCUT2D eigenvalue weighted by atomic mass is 19.3. The average molecular weight is 300 g/mol. The normalized spacial score (nSPS) is 23.3. The molecule has 1 aromatic rings. The molecule has 0 radical (unpaired) electrons. The lowest BCUT2D eigenvalue weighted by molar-refractivity contribution is -0.811. The second kappa shape index (κ2) is 5.03. The SMILES string of the molecule is CC(C)(C)C1CCCCc2c(n[nH][n+]2C(C)(C)C)C1(F)F. The van der Waals surface area contributed by atoms with Crippen molar-refractivity contribution in [3.05, 3.63) is 11.4 Å². The Morgan fingerprint density at radius 1 is 1.14 bits per heavy atom. The van der Waals surface area contributed by atoms with Crippen molar-refractivity contribution >= 4 is 0 Å². The number of hydrogen-bond acceptors (Lipinski definition) is 1. The van der Waals surface area contributed by atoms with E-state index in [9.17, 15) is 0 Å². The van der Waals surface area contributed by atoms with Gasteiger partial charge in [0.2, 0.25) is 0 Å². The van der Waals surface area contributed by atoms with Gasteiger partial charge in [-0.25, -0.2) is 0 Å². The van der Waals surface area contributed by atoms with Crippen LogP contribution in [0.4, 0.5) is 8.78 Å². The lowest BCUT2D eigenvalue weighted by atomic mass is 9.72. The van der Waals surface area contributed by atoms with Crippen LogP contribution < -0.4 is 4.68 Å². The summed E-state index contributed by atoms with van der Waals surface area (Å²) in [4.78, 5) is 0. The highest BCUT2D eigenvalue weighted by Gasteiger charge is 2.55. The quantitative estimate of drug-likeness (QED) is 0.723. The Bertz CT molecular complexity index is 507. The first-order chi connectivity index (χ1) is 9.45. The second-order valence-corrected chi connectivity index (χ2v) is 8.30. The molecular formula is C16H28F2N3+. The maximum Gasteiger partial charge on any atom is 0.322 e. The van der Waals surface area contributed by atoms with Gasteiger partial charge in [-0.05, 0) is 39.0 Å². The largest absolute Gasteiger partial charge is 0.322 e. The van der Waals surface area contributed by atoms with Gasteiger partial charge in [0.05, 0.1) is 0 Å². The molecule has 1 aliphatic carbocycles. The fraction of sp³-hybridized carbons (Fsp3) is 0.875. The Morgan fingerprint density at radius 2 is 1.76 bits per heavy atom. The molecule has 1 heterocycles. The number of nitrogens with zero attached hydrogens (tertiary/aromatic N) is 2. The smallest absolute Gasteiger partial charge is 0.196 e. The van der Waals surface area contributed by atoms with Crippen molar-refractivity contribution in [2.75, 3.05) is 0 Å². The second-order valence-electron chi connectivity index (χ2n) is 8.30. The monoisotopic (exact) mass is 300 g/mol. The minimum atomic E-state index is -2.89. The zero-order valence-corrected chi connectivity index (χ0v) is 14.1. The van der Waals surface area contributed by atoms with E-state index in [1.807, 2.05) is 41.5 Å². The summed E-state index contributed by atoms with van der Waals surface area (Å²) in [5.41, 5.74) is -0.0880. The minimum Gasteiger partial charge on any atom is -0.196 e. The van der Waals surface area contributed by atoms with Crippen molar-refractivity contribution in [2.24, 2.45) is 11.3 Å². The van der Waals surface area contributed by atoms with Gasteiger partial charge in [-0.2, -0.15) is 13.5 Å². The van der Waals surface area contributed by atoms with Gasteiger partial charge >= 0.3 is 5.92 Å². The summed E-state index contributed by atoms with van der Waals surface area (Å²) >= 11 is 0. The van der Waals surface area contributed by atoms with E-state index < -0.39 is 17.3 Å². The summed E-state index contributed by atoms with van der Waals surface area (Å²) in [6, 6.07) is 0. The number of alkyl halides is 2. The van der Waals surface area contributed by atoms with Crippen molar-refractivity contribution in [2.45, 2.75) is 78.7 Å². The molecule has 2 rings (SSSR count). The van der Waals surface area contributed by atoms with Gasteiger partial charge in [-0.15, -0.1) is 0 Å². The summed E-state index contributed by atoms with van der Waals surface area (Å²) in [7, 11) is 0. The highest BCUT2D eigenvalue weighted by Crippen LogP contribution is 2.48. The van der Waals surface area contributed by atoms with Crippen molar-refractivity contribution < 1.29 is 13.5 Å². The van der Waals surface area contributed by atoms with Crippen LogP contribution in [0, 0.1) is 11.3 Å². The summed E-state index contributed by atoms with van der Waals surface area (Å²) in [6.07, 6.45) is 2.99. The molecule has 0 fully saturated rings. The molecule has 5 heteroatoms. The van der Waals surface area contributed by atoms with E-state index in [-0.39, 0.29) is 11.2 Å². The molecule has 0 aromatic carbocycles. The van der Waals surface area contributed by atoms with Crippen molar-refractivity contribution in [3.63, 3.8) is 0 Å². The molecule has 0 saturated heterocycles. The van der Waals surface area contributed by atoms with Gasteiger partial charge < -0.3 is 0 Å². The van der Waals surface area contributed by atoms with Crippen LogP contribution in [0.2, 0.25) is 0 Å². The first-order valence-electron chi connectivity index (χ1n) is 7.84. The number of rotatable bonds is 0. The molecule has 1 unspecified atom stereocenters. The Labute approximate surface area is 126 Å². The average Bonchev–Trinajstić information content (AvgIpc) is 2.68. The van der Waals surface area contributed by atoms with E-state index in [1.54, 1.807) is 4.68 Å². The zero-order valence-electron chi connectivity index (χ0n) is 14.1. The van der Waals surface area contributed by atoms with Crippen molar-refractivity contribution in [1.82, 2.24) is 10.3 Å². The number of aromatic nitrogens is 3. The first-order valence-corrected chi connectivity index (χ1v) is 7.84. The van der Waals surface area contributed by atoms with E-state index in [0.29, 0.717) is 18.5 Å². The van der Waals surface area contributed by atoms with E-state index in [1.165, 1.54) is 0 Å². The van der Waals surface area contributed by atoms with Crippen LogP contribution in [-0.2, 0) is 17.9 Å². The van der Waals surface area contributed by atoms with Crippen molar-refractivity contribution in [3.8, 4) is 0 Å². The number of halogens is 2. The van der Waals surface area contributed by atoms with Crippen LogP contribution in [0.1, 0.15) is 72.2 Å². The number of aromatic amines is 1. The molecule has 1 aromatic heterocycles. The number of hydrogen-bond donors (Lipinski definition) is 1. The molecule has 0 aliphatic heterocycles. The fourth-order valence-electron chi connectivity index (χ4n) is 3.35. The van der Waals surface area contributed by atoms with E-state index in [0.717, 1.165) is 12.8 Å². The predicted molar refractivity (Wildman–Crippen MR) is 78.2 cm³/mol. The Morgan fingerprint density at radius 3 is 2.29 bits per heavy atom. The maximum absolute atomic E-state index is 15.1. The van der Waals surface area contributed by atoms with Gasteiger partial charge in [0.15, 0.2) is 5.69 Å². The van der Waals surface area contributed by atoms with Gasteiger partial charge in [-0.1, -0.05) is 32.4 Å². The molecule has 0 saturated carbocycles. The number of H-pyrrole nitrogens is 1. The number of nitrogens with one attached hydrogen (secondary N) is 1. The van der Waals surface area contributed by atoms with Gasteiger partial charge in [0.25, 0.3) is 5.69 Å². The molecule has 1 atom stereocenters. The van der Waals surface area contributed by atoms with E-state index >= 15 is 8.78 Å². The molecule has 3 nitrogen and oxygen atoms in total. The van der Waals surface area contributed by atoms with Gasteiger partial charge in [-0.3, -0.25) is 0 Å². The minimum absolute atomic E-state index is 0.0444. The van der Waals surface area contributed by atoms with Crippen LogP contribution in [0.15, 0.2) is 0 Å². The van der Waals surface area contributed by atoms with Crippen LogP contribution in [-0.4, -0.2) is 10.3 Å². The number of fused-ring (bicyclic) bond motifs is 1. The lowest BCUT2D eigenvalue weighted by Gasteiger charge is -2.36. The Kier molecular flexibility index (Phi) is 3.92. The Balaban J connectivity index is 2.57. The van der Waals surface area contributed by atoms with Crippen LogP contribution in [0.25, 0.3) is 0 Å². The Hall–Kier alpha value is -1.00. The first kappa shape index (κ1) is 16.4. The van der Waals surface area contributed by atoms with Gasteiger partial charge in [0.1, 0.15) is 5.54 Å². The van der Waals surface area contributed by atoms with Crippen LogP contribution >= 0.6 is 0 Å². The van der Waals surface area contributed by atoms with Crippen LogP contribution in [0.5, 0.6) is 0 Å². The third-order valence-electron chi connectivity index (χ3n) is 4.43. The predicted octanol–water partition coefficient (Wildman–Crippen LogP) is 3.93. The summed E-state index contributed by atoms with van der Waals surface area (Å²) in [5.74, 6) is -3.57. The summed E-state index contributed by atoms with van der Waals surface area (Å²) in [6.45, 7) is 11.7. The fourth-order valence-corrected chi connectivity index (χ4v) is 3.35. The molecule has 0 spiro atoms. The van der Waals surface area contributed by atoms with E-state index in [4.69, 9.17) is 0 Å². The third-order valence-corrected chi connectivity index (χ3v) is 4.43. The third kappa shape index (κ3) is 2.97. The van der Waals surface area contributed by atoms with E-state index in [2.05, 4.69) is 10.3 Å². The maximum atomic E-state index is 15.1. The topological polar surface area (TPSA) is 32.6 Å².